The summed E-state index contributed by atoms with van der Waals surface area (Å²) < 4.78 is 0. The average Bonchev–Trinajstić information content (AvgIpc) is 2.51. The molecular weight excluding hydrogens is 319 g/mol. The normalized spacial score (nSPS) is 11.7. The van der Waals surface area contributed by atoms with Crippen LogP contribution < -0.4 is 5.32 Å². The van der Waals surface area contributed by atoms with Gasteiger partial charge in [0.15, 0.2) is 0 Å². The molecule has 0 aliphatic rings. The van der Waals surface area contributed by atoms with Gasteiger partial charge < -0.3 is 10.2 Å². The van der Waals surface area contributed by atoms with E-state index in [1.807, 2.05) is 12.1 Å². The summed E-state index contributed by atoms with van der Waals surface area (Å²) in [6.07, 6.45) is 6.87. The molecule has 1 N–H and O–H groups in total. The summed E-state index contributed by atoms with van der Waals surface area (Å²) in [4.78, 5) is 13.9. The summed E-state index contributed by atoms with van der Waals surface area (Å²) >= 11 is 11.8. The molecule has 0 aliphatic carbocycles. The SMILES string of the molecule is CCN(CC)CCNC(=O)/C=C/C=C/c1ccc(Cl)c(Cl)c1. The maximum atomic E-state index is 11.6. The Morgan fingerprint density at radius 3 is 2.55 bits per heavy atom. The fourth-order valence-corrected chi connectivity index (χ4v) is 2.17. The van der Waals surface area contributed by atoms with Crippen molar-refractivity contribution in [1.82, 2.24) is 10.2 Å². The number of hydrogen-bond acceptors (Lipinski definition) is 2. The van der Waals surface area contributed by atoms with Crippen molar-refractivity contribution in [2.75, 3.05) is 26.2 Å². The van der Waals surface area contributed by atoms with Crippen LogP contribution in [0.1, 0.15) is 19.4 Å². The van der Waals surface area contributed by atoms with Crippen LogP contribution in [0.4, 0.5) is 0 Å². The van der Waals surface area contributed by atoms with E-state index in [1.54, 1.807) is 24.3 Å². The third-order valence-corrected chi connectivity index (χ3v) is 3.95. The monoisotopic (exact) mass is 340 g/mol. The van der Waals surface area contributed by atoms with Crippen molar-refractivity contribution in [1.29, 1.82) is 0 Å². The van der Waals surface area contributed by atoms with Gasteiger partial charge in [0.1, 0.15) is 0 Å². The van der Waals surface area contributed by atoms with Crippen LogP contribution in [-0.2, 0) is 4.79 Å². The van der Waals surface area contributed by atoms with Crippen molar-refractivity contribution in [2.45, 2.75) is 13.8 Å². The summed E-state index contributed by atoms with van der Waals surface area (Å²) in [5.74, 6) is -0.0917. The van der Waals surface area contributed by atoms with Crippen LogP contribution in [-0.4, -0.2) is 37.0 Å². The number of hydrogen-bond donors (Lipinski definition) is 1. The number of amides is 1. The Balaban J connectivity index is 2.36. The minimum Gasteiger partial charge on any atom is -0.351 e. The van der Waals surface area contributed by atoms with Crippen molar-refractivity contribution in [3.63, 3.8) is 0 Å². The maximum absolute atomic E-state index is 11.6. The van der Waals surface area contributed by atoms with Gasteiger partial charge in [-0.25, -0.2) is 0 Å². The van der Waals surface area contributed by atoms with Crippen LogP contribution in [0.15, 0.2) is 36.4 Å². The number of carbonyl (C=O) groups excluding carboxylic acids is 1. The molecule has 22 heavy (non-hydrogen) atoms. The zero-order valence-electron chi connectivity index (χ0n) is 13.0. The molecule has 1 rings (SSSR count). The Morgan fingerprint density at radius 2 is 1.91 bits per heavy atom. The molecule has 0 radical (unpaired) electrons. The lowest BCUT2D eigenvalue weighted by molar-refractivity contribution is -0.116. The van der Waals surface area contributed by atoms with E-state index in [-0.39, 0.29) is 5.91 Å². The molecule has 0 aromatic heterocycles. The Hall–Kier alpha value is -1.29. The zero-order chi connectivity index (χ0) is 16.4. The van der Waals surface area contributed by atoms with Crippen molar-refractivity contribution in [2.24, 2.45) is 0 Å². The first-order chi connectivity index (χ1) is 10.6. The van der Waals surface area contributed by atoms with Gasteiger partial charge in [0.25, 0.3) is 0 Å². The largest absolute Gasteiger partial charge is 0.351 e. The number of likely N-dealkylation sites (N-methyl/N-ethyl adjacent to an activating group) is 1. The second-order valence-electron chi connectivity index (χ2n) is 4.71. The second-order valence-corrected chi connectivity index (χ2v) is 5.52. The number of allylic oxidation sites excluding steroid dienone is 2. The summed E-state index contributed by atoms with van der Waals surface area (Å²) in [5, 5.41) is 3.90. The molecule has 5 heteroatoms. The highest BCUT2D eigenvalue weighted by Crippen LogP contribution is 2.23. The van der Waals surface area contributed by atoms with Gasteiger partial charge >= 0.3 is 0 Å². The molecule has 0 saturated carbocycles. The smallest absolute Gasteiger partial charge is 0.244 e. The Kier molecular flexibility index (Phi) is 8.90. The Bertz CT molecular complexity index is 537. The molecule has 120 valence electrons. The fourth-order valence-electron chi connectivity index (χ4n) is 1.86. The predicted molar refractivity (Wildman–Crippen MR) is 95.4 cm³/mol. The van der Waals surface area contributed by atoms with Gasteiger partial charge in [0.2, 0.25) is 5.91 Å². The molecule has 0 atom stereocenters. The van der Waals surface area contributed by atoms with E-state index in [1.165, 1.54) is 6.08 Å². The highest BCUT2D eigenvalue weighted by molar-refractivity contribution is 6.42. The van der Waals surface area contributed by atoms with Crippen LogP contribution in [0, 0.1) is 0 Å². The summed E-state index contributed by atoms with van der Waals surface area (Å²) in [6.45, 7) is 7.73. The minimum absolute atomic E-state index is 0.0917. The van der Waals surface area contributed by atoms with Gasteiger partial charge in [-0.2, -0.15) is 0 Å². The summed E-state index contributed by atoms with van der Waals surface area (Å²) in [6, 6.07) is 5.38. The van der Waals surface area contributed by atoms with E-state index in [9.17, 15) is 4.79 Å². The van der Waals surface area contributed by atoms with Crippen molar-refractivity contribution in [3.8, 4) is 0 Å². The number of carbonyl (C=O) groups is 1. The van der Waals surface area contributed by atoms with Gasteiger partial charge in [-0.05, 0) is 30.8 Å². The maximum Gasteiger partial charge on any atom is 0.244 e. The van der Waals surface area contributed by atoms with Gasteiger partial charge in [-0.15, -0.1) is 0 Å². The van der Waals surface area contributed by atoms with Crippen LogP contribution in [0.2, 0.25) is 10.0 Å². The zero-order valence-corrected chi connectivity index (χ0v) is 14.5. The Labute approximate surface area is 142 Å². The molecule has 0 unspecified atom stereocenters. The van der Waals surface area contributed by atoms with Crippen LogP contribution in [0.25, 0.3) is 6.08 Å². The van der Waals surface area contributed by atoms with Crippen molar-refractivity contribution < 1.29 is 4.79 Å². The van der Waals surface area contributed by atoms with E-state index in [0.29, 0.717) is 16.6 Å². The number of halogens is 2. The third kappa shape index (κ3) is 7.12. The lowest BCUT2D eigenvalue weighted by Crippen LogP contribution is -2.34. The molecule has 1 aromatic carbocycles. The summed E-state index contributed by atoms with van der Waals surface area (Å²) in [7, 11) is 0. The quantitative estimate of drug-likeness (QED) is 0.572. The van der Waals surface area contributed by atoms with E-state index >= 15 is 0 Å². The molecular formula is C17H22Cl2N2O. The highest BCUT2D eigenvalue weighted by Gasteiger charge is 1.99. The van der Waals surface area contributed by atoms with Gasteiger partial charge in [-0.1, -0.05) is 61.3 Å². The lowest BCUT2D eigenvalue weighted by atomic mass is 10.2. The van der Waals surface area contributed by atoms with E-state index in [4.69, 9.17) is 23.2 Å². The van der Waals surface area contributed by atoms with E-state index in [0.717, 1.165) is 25.2 Å². The van der Waals surface area contributed by atoms with Gasteiger partial charge in [-0.3, -0.25) is 4.79 Å². The molecule has 0 bridgehead atoms. The molecule has 0 saturated heterocycles. The first kappa shape index (κ1) is 18.8. The van der Waals surface area contributed by atoms with Crippen LogP contribution in [0.3, 0.4) is 0 Å². The number of rotatable bonds is 8. The second kappa shape index (κ2) is 10.4. The van der Waals surface area contributed by atoms with Crippen LogP contribution >= 0.6 is 23.2 Å². The van der Waals surface area contributed by atoms with E-state index < -0.39 is 0 Å². The van der Waals surface area contributed by atoms with Crippen molar-refractivity contribution >= 4 is 35.2 Å². The average molecular weight is 341 g/mol. The first-order valence-corrected chi connectivity index (χ1v) is 8.12. The first-order valence-electron chi connectivity index (χ1n) is 7.36. The van der Waals surface area contributed by atoms with Gasteiger partial charge in [0.05, 0.1) is 10.0 Å². The minimum atomic E-state index is -0.0917. The molecule has 0 heterocycles. The predicted octanol–water partition coefficient (Wildman–Crippen LogP) is 4.02. The lowest BCUT2D eigenvalue weighted by Gasteiger charge is -2.17. The number of nitrogens with zero attached hydrogens (tertiary/aromatic N) is 1. The standard InChI is InChI=1S/C17H22Cl2N2O/c1-3-21(4-2)12-11-20-17(22)8-6-5-7-14-9-10-15(18)16(19)13-14/h5-10,13H,3-4,11-12H2,1-2H3,(H,20,22)/b7-5+,8-6+. The Morgan fingerprint density at radius 1 is 1.18 bits per heavy atom. The topological polar surface area (TPSA) is 32.3 Å². The highest BCUT2D eigenvalue weighted by atomic mass is 35.5. The molecule has 0 fully saturated rings. The number of nitrogens with one attached hydrogen (secondary N) is 1. The van der Waals surface area contributed by atoms with Crippen LogP contribution in [0.5, 0.6) is 0 Å². The van der Waals surface area contributed by atoms with E-state index in [2.05, 4.69) is 24.1 Å². The van der Waals surface area contributed by atoms with Crippen molar-refractivity contribution in [3.05, 3.63) is 52.0 Å². The molecule has 0 aliphatic heterocycles. The number of benzene rings is 1. The third-order valence-electron chi connectivity index (χ3n) is 3.21. The van der Waals surface area contributed by atoms with Gasteiger partial charge in [0, 0.05) is 19.2 Å². The summed E-state index contributed by atoms with van der Waals surface area (Å²) in [5.41, 5.74) is 0.931. The molecule has 1 amide bonds. The molecule has 1 aromatic rings. The molecule has 0 spiro atoms. The molecule has 3 nitrogen and oxygen atoms in total. The fraction of sp³-hybridized carbons (Fsp3) is 0.353.